The number of nitrogens with zero attached hydrogens (tertiary/aromatic N) is 3. The largest absolute Gasteiger partial charge is 0.468 e. The second-order valence-corrected chi connectivity index (χ2v) is 5.33. The van der Waals surface area contributed by atoms with Gasteiger partial charge in [0.25, 0.3) is 5.91 Å². The minimum atomic E-state index is -0.253. The van der Waals surface area contributed by atoms with Crippen molar-refractivity contribution in [3.05, 3.63) is 28.5 Å². The van der Waals surface area contributed by atoms with E-state index in [4.69, 9.17) is 0 Å². The van der Waals surface area contributed by atoms with Crippen molar-refractivity contribution in [2.24, 2.45) is 0 Å². The predicted octanol–water partition coefficient (Wildman–Crippen LogP) is 0.775. The Labute approximate surface area is 125 Å². The van der Waals surface area contributed by atoms with Crippen LogP contribution < -0.4 is 0 Å². The van der Waals surface area contributed by atoms with Gasteiger partial charge in [0.1, 0.15) is 5.69 Å². The fourth-order valence-corrected chi connectivity index (χ4v) is 2.47. The van der Waals surface area contributed by atoms with Crippen LogP contribution in [0.1, 0.15) is 10.5 Å². The number of aromatic nitrogens is 1. The molecule has 1 aliphatic rings. The molecule has 2 rings (SSSR count). The summed E-state index contributed by atoms with van der Waals surface area (Å²) in [4.78, 5) is 31.4. The summed E-state index contributed by atoms with van der Waals surface area (Å²) < 4.78 is 5.33. The summed E-state index contributed by atoms with van der Waals surface area (Å²) >= 11 is 3.34. The molecule has 20 heavy (non-hydrogen) atoms. The Morgan fingerprint density at radius 2 is 2.05 bits per heavy atom. The summed E-state index contributed by atoms with van der Waals surface area (Å²) in [7, 11) is 1.38. The number of esters is 1. The topological polar surface area (TPSA) is 62.7 Å². The summed E-state index contributed by atoms with van der Waals surface area (Å²) in [5.41, 5.74) is 0.425. The molecule has 7 heteroatoms. The van der Waals surface area contributed by atoms with Crippen LogP contribution in [0.25, 0.3) is 0 Å². The first kappa shape index (κ1) is 14.9. The molecule has 6 nitrogen and oxygen atoms in total. The molecule has 0 bridgehead atoms. The minimum Gasteiger partial charge on any atom is -0.468 e. The lowest BCUT2D eigenvalue weighted by Gasteiger charge is -2.33. The molecular formula is C13H16BrN3O3. The zero-order chi connectivity index (χ0) is 14.5. The predicted molar refractivity (Wildman–Crippen MR) is 76.3 cm³/mol. The normalized spacial score (nSPS) is 16.0. The lowest BCUT2D eigenvalue weighted by molar-refractivity contribution is -0.142. The van der Waals surface area contributed by atoms with Crippen LogP contribution in [-0.2, 0) is 9.53 Å². The number of hydrogen-bond acceptors (Lipinski definition) is 5. The molecule has 0 atom stereocenters. The standard InChI is InChI=1S/C13H16BrN3O3/c1-20-11(18)9-16-5-7-17(8-6-16)13(19)12-10(14)3-2-4-15-12/h2-4H,5-9H2,1H3. The van der Waals surface area contributed by atoms with E-state index in [9.17, 15) is 9.59 Å². The van der Waals surface area contributed by atoms with Gasteiger partial charge in [-0.15, -0.1) is 0 Å². The highest BCUT2D eigenvalue weighted by Gasteiger charge is 2.25. The molecule has 0 aromatic carbocycles. The molecule has 0 spiro atoms. The first-order valence-corrected chi connectivity index (χ1v) is 7.10. The monoisotopic (exact) mass is 341 g/mol. The Hall–Kier alpha value is -1.47. The Bertz CT molecular complexity index is 501. The third kappa shape index (κ3) is 3.55. The van der Waals surface area contributed by atoms with Gasteiger partial charge in [0.15, 0.2) is 0 Å². The van der Waals surface area contributed by atoms with Crippen LogP contribution in [0, 0.1) is 0 Å². The second kappa shape index (κ2) is 6.81. The SMILES string of the molecule is COC(=O)CN1CCN(C(=O)c2ncccc2Br)CC1. The molecule has 1 aromatic rings. The quantitative estimate of drug-likeness (QED) is 0.760. The van der Waals surface area contributed by atoms with Crippen molar-refractivity contribution in [3.8, 4) is 0 Å². The Morgan fingerprint density at radius 1 is 1.35 bits per heavy atom. The summed E-state index contributed by atoms with van der Waals surface area (Å²) in [5.74, 6) is -0.340. The summed E-state index contributed by atoms with van der Waals surface area (Å²) in [6.07, 6.45) is 1.60. The summed E-state index contributed by atoms with van der Waals surface area (Å²) in [5, 5.41) is 0. The number of hydrogen-bond donors (Lipinski definition) is 0. The van der Waals surface area contributed by atoms with Crippen molar-refractivity contribution in [2.75, 3.05) is 39.8 Å². The van der Waals surface area contributed by atoms with Gasteiger partial charge in [-0.05, 0) is 28.1 Å². The molecule has 108 valence electrons. The maximum atomic E-state index is 12.3. The lowest BCUT2D eigenvalue weighted by Crippen LogP contribution is -2.50. The zero-order valence-corrected chi connectivity index (χ0v) is 12.8. The minimum absolute atomic E-state index is 0.0878. The van der Waals surface area contributed by atoms with Gasteiger partial charge in [0, 0.05) is 36.8 Å². The van der Waals surface area contributed by atoms with Crippen LogP contribution in [0.2, 0.25) is 0 Å². The van der Waals surface area contributed by atoms with Gasteiger partial charge in [0.05, 0.1) is 13.7 Å². The van der Waals surface area contributed by atoms with Crippen LogP contribution >= 0.6 is 15.9 Å². The first-order valence-electron chi connectivity index (χ1n) is 6.31. The highest BCUT2D eigenvalue weighted by molar-refractivity contribution is 9.10. The third-order valence-electron chi connectivity index (χ3n) is 3.20. The van der Waals surface area contributed by atoms with Gasteiger partial charge >= 0.3 is 5.97 Å². The van der Waals surface area contributed by atoms with Crippen molar-refractivity contribution >= 4 is 27.8 Å². The fourth-order valence-electron chi connectivity index (χ4n) is 2.05. The van der Waals surface area contributed by atoms with Crippen LogP contribution in [-0.4, -0.2) is 66.5 Å². The lowest BCUT2D eigenvalue weighted by atomic mass is 10.2. The van der Waals surface area contributed by atoms with E-state index in [1.807, 2.05) is 4.90 Å². The van der Waals surface area contributed by atoms with E-state index >= 15 is 0 Å². The summed E-state index contributed by atoms with van der Waals surface area (Å²) in [6.45, 7) is 2.75. The highest BCUT2D eigenvalue weighted by Crippen LogP contribution is 2.16. The molecule has 0 radical (unpaired) electrons. The number of piperazine rings is 1. The number of carbonyl (C=O) groups excluding carboxylic acids is 2. The van der Waals surface area contributed by atoms with Gasteiger partial charge in [-0.2, -0.15) is 0 Å². The van der Waals surface area contributed by atoms with Crippen LogP contribution in [0.4, 0.5) is 0 Å². The van der Waals surface area contributed by atoms with E-state index in [1.54, 1.807) is 23.2 Å². The number of halogens is 1. The molecule has 1 aromatic heterocycles. The van der Waals surface area contributed by atoms with E-state index in [1.165, 1.54) is 7.11 Å². The maximum Gasteiger partial charge on any atom is 0.319 e. The van der Waals surface area contributed by atoms with Gasteiger partial charge < -0.3 is 9.64 Å². The van der Waals surface area contributed by atoms with Crippen LogP contribution in [0.5, 0.6) is 0 Å². The van der Waals surface area contributed by atoms with E-state index in [-0.39, 0.29) is 18.4 Å². The highest BCUT2D eigenvalue weighted by atomic mass is 79.9. The molecule has 1 saturated heterocycles. The molecule has 0 aliphatic carbocycles. The van der Waals surface area contributed by atoms with Crippen molar-refractivity contribution in [2.45, 2.75) is 0 Å². The number of rotatable bonds is 3. The van der Waals surface area contributed by atoms with E-state index in [0.717, 1.165) is 0 Å². The Balaban J connectivity index is 1.92. The van der Waals surface area contributed by atoms with Gasteiger partial charge in [0.2, 0.25) is 0 Å². The van der Waals surface area contributed by atoms with Gasteiger partial charge in [-0.1, -0.05) is 0 Å². The Kier molecular flexibility index (Phi) is 5.08. The maximum absolute atomic E-state index is 12.3. The average molecular weight is 342 g/mol. The van der Waals surface area contributed by atoms with Crippen LogP contribution in [0.3, 0.4) is 0 Å². The molecule has 1 fully saturated rings. The average Bonchev–Trinajstić information content (AvgIpc) is 2.47. The fraction of sp³-hybridized carbons (Fsp3) is 0.462. The smallest absolute Gasteiger partial charge is 0.319 e. The Morgan fingerprint density at radius 3 is 2.65 bits per heavy atom. The molecule has 0 unspecified atom stereocenters. The summed E-state index contributed by atoms with van der Waals surface area (Å²) in [6, 6.07) is 3.57. The molecule has 0 saturated carbocycles. The molecular weight excluding hydrogens is 326 g/mol. The molecule has 0 N–H and O–H groups in total. The van der Waals surface area contributed by atoms with Crippen molar-refractivity contribution in [1.29, 1.82) is 0 Å². The van der Waals surface area contributed by atoms with Gasteiger partial charge in [-0.3, -0.25) is 14.5 Å². The molecule has 2 heterocycles. The number of pyridine rings is 1. The first-order chi connectivity index (χ1) is 9.61. The zero-order valence-electron chi connectivity index (χ0n) is 11.2. The number of methoxy groups -OCH3 is 1. The number of amides is 1. The molecule has 1 amide bonds. The second-order valence-electron chi connectivity index (χ2n) is 4.48. The van der Waals surface area contributed by atoms with Crippen molar-refractivity contribution in [3.63, 3.8) is 0 Å². The third-order valence-corrected chi connectivity index (χ3v) is 3.84. The van der Waals surface area contributed by atoms with E-state index in [2.05, 4.69) is 25.7 Å². The van der Waals surface area contributed by atoms with Crippen molar-refractivity contribution < 1.29 is 14.3 Å². The van der Waals surface area contributed by atoms with E-state index < -0.39 is 0 Å². The van der Waals surface area contributed by atoms with Crippen molar-refractivity contribution in [1.82, 2.24) is 14.8 Å². The van der Waals surface area contributed by atoms with E-state index in [0.29, 0.717) is 36.3 Å². The number of carbonyl (C=O) groups is 2. The molecule has 1 aliphatic heterocycles. The van der Waals surface area contributed by atoms with Gasteiger partial charge in [-0.25, -0.2) is 4.98 Å². The van der Waals surface area contributed by atoms with Crippen LogP contribution in [0.15, 0.2) is 22.8 Å². The number of ether oxygens (including phenoxy) is 1.